The molecule has 2 saturated carbocycles. The Kier molecular flexibility index (Phi) is 6.01. The zero-order valence-electron chi connectivity index (χ0n) is 18.0. The lowest BCUT2D eigenvalue weighted by Crippen LogP contribution is -2.55. The molecule has 4 aliphatic rings. The average Bonchev–Trinajstić information content (AvgIpc) is 2.71. The van der Waals surface area contributed by atoms with Crippen LogP contribution in [0.2, 0.25) is 0 Å². The quantitative estimate of drug-likeness (QED) is 0.647. The Bertz CT molecular complexity index is 447. The van der Waals surface area contributed by atoms with Gasteiger partial charge in [-0.15, -0.1) is 0 Å². The molecule has 0 aromatic carbocycles. The van der Waals surface area contributed by atoms with Crippen LogP contribution in [0.25, 0.3) is 0 Å². The standard InChI is InChI=1S/C24H44N2/c1-17(2)20-7-5-6-10-26(16-20)24-9-8-23(24)21-11-19(12-21)13-25-14-22(15-25)18(3)4/h17-24H,5-16H2,1-4H3. The van der Waals surface area contributed by atoms with E-state index in [2.05, 4.69) is 37.5 Å². The van der Waals surface area contributed by atoms with E-state index in [0.717, 1.165) is 47.5 Å². The molecule has 2 aliphatic heterocycles. The monoisotopic (exact) mass is 360 g/mol. The minimum atomic E-state index is 0.869. The predicted molar refractivity (Wildman–Crippen MR) is 111 cm³/mol. The number of nitrogens with zero attached hydrogens (tertiary/aromatic N) is 2. The van der Waals surface area contributed by atoms with Crippen LogP contribution < -0.4 is 0 Å². The highest BCUT2D eigenvalue weighted by Gasteiger charge is 2.46. The lowest BCUT2D eigenvalue weighted by molar-refractivity contribution is -0.0413. The van der Waals surface area contributed by atoms with E-state index < -0.39 is 0 Å². The van der Waals surface area contributed by atoms with Gasteiger partial charge in [0.1, 0.15) is 0 Å². The molecule has 0 N–H and O–H groups in total. The van der Waals surface area contributed by atoms with Gasteiger partial charge >= 0.3 is 0 Å². The lowest BCUT2D eigenvalue weighted by atomic mass is 9.59. The van der Waals surface area contributed by atoms with Crippen molar-refractivity contribution in [3.05, 3.63) is 0 Å². The summed E-state index contributed by atoms with van der Waals surface area (Å²) in [6.07, 6.45) is 10.5. The van der Waals surface area contributed by atoms with Crippen LogP contribution in [0, 0.1) is 41.4 Å². The molecular weight excluding hydrogens is 316 g/mol. The Morgan fingerprint density at radius 1 is 0.808 bits per heavy atom. The fourth-order valence-corrected chi connectivity index (χ4v) is 6.39. The third-order valence-corrected chi connectivity index (χ3v) is 8.76. The Balaban J connectivity index is 1.20. The molecule has 0 radical (unpaired) electrons. The van der Waals surface area contributed by atoms with Crippen LogP contribution in [0.3, 0.4) is 0 Å². The molecule has 2 nitrogen and oxygen atoms in total. The highest BCUT2D eigenvalue weighted by Crippen LogP contribution is 2.49. The SMILES string of the molecule is CC(C)C1CN(CC2CC(C3CCC3N3CCCCC(C(C)C)C3)C2)C1. The van der Waals surface area contributed by atoms with Gasteiger partial charge in [0, 0.05) is 32.2 Å². The van der Waals surface area contributed by atoms with Gasteiger partial charge in [-0.2, -0.15) is 0 Å². The van der Waals surface area contributed by atoms with Crippen molar-refractivity contribution in [2.75, 3.05) is 32.7 Å². The minimum Gasteiger partial charge on any atom is -0.302 e. The molecule has 26 heavy (non-hydrogen) atoms. The van der Waals surface area contributed by atoms with E-state index in [-0.39, 0.29) is 0 Å². The summed E-state index contributed by atoms with van der Waals surface area (Å²) in [5.74, 6) is 6.85. The van der Waals surface area contributed by atoms with Crippen molar-refractivity contribution in [2.45, 2.75) is 78.7 Å². The van der Waals surface area contributed by atoms with Crippen LogP contribution in [-0.4, -0.2) is 48.6 Å². The second-order valence-corrected chi connectivity index (χ2v) is 11.1. The molecule has 3 unspecified atom stereocenters. The van der Waals surface area contributed by atoms with Gasteiger partial charge in [0.25, 0.3) is 0 Å². The second-order valence-electron chi connectivity index (χ2n) is 11.1. The summed E-state index contributed by atoms with van der Waals surface area (Å²) in [6.45, 7) is 16.7. The first kappa shape index (κ1) is 19.2. The summed E-state index contributed by atoms with van der Waals surface area (Å²) in [5.41, 5.74) is 0. The average molecular weight is 361 g/mol. The van der Waals surface area contributed by atoms with E-state index >= 15 is 0 Å². The van der Waals surface area contributed by atoms with Crippen LogP contribution in [-0.2, 0) is 0 Å². The van der Waals surface area contributed by atoms with Crippen molar-refractivity contribution < 1.29 is 0 Å². The fourth-order valence-electron chi connectivity index (χ4n) is 6.39. The molecule has 0 amide bonds. The molecular formula is C24H44N2. The molecule has 3 atom stereocenters. The van der Waals surface area contributed by atoms with Crippen molar-refractivity contribution in [2.24, 2.45) is 41.4 Å². The Morgan fingerprint density at radius 2 is 1.54 bits per heavy atom. The maximum absolute atomic E-state index is 2.95. The number of hydrogen-bond acceptors (Lipinski definition) is 2. The van der Waals surface area contributed by atoms with E-state index in [4.69, 9.17) is 0 Å². The maximum atomic E-state index is 2.95. The highest BCUT2D eigenvalue weighted by atomic mass is 15.2. The summed E-state index contributed by atoms with van der Waals surface area (Å²) in [7, 11) is 0. The molecule has 2 saturated heterocycles. The van der Waals surface area contributed by atoms with Gasteiger partial charge in [-0.1, -0.05) is 34.1 Å². The molecule has 2 aliphatic carbocycles. The van der Waals surface area contributed by atoms with Gasteiger partial charge in [0.05, 0.1) is 0 Å². The summed E-state index contributed by atoms with van der Waals surface area (Å²) < 4.78 is 0. The topological polar surface area (TPSA) is 6.48 Å². The Hall–Kier alpha value is -0.0800. The van der Waals surface area contributed by atoms with Gasteiger partial charge in [0.15, 0.2) is 0 Å². The number of rotatable bonds is 6. The van der Waals surface area contributed by atoms with E-state index in [9.17, 15) is 0 Å². The van der Waals surface area contributed by atoms with Gasteiger partial charge in [-0.25, -0.2) is 0 Å². The molecule has 4 rings (SSSR count). The molecule has 0 bridgehead atoms. The molecule has 2 heterocycles. The summed E-state index contributed by atoms with van der Waals surface area (Å²) in [5, 5.41) is 0. The second kappa shape index (κ2) is 8.11. The van der Waals surface area contributed by atoms with Crippen LogP contribution >= 0.6 is 0 Å². The van der Waals surface area contributed by atoms with E-state index in [1.54, 1.807) is 12.8 Å². The van der Waals surface area contributed by atoms with Gasteiger partial charge < -0.3 is 4.90 Å². The van der Waals surface area contributed by atoms with Crippen molar-refractivity contribution in [3.8, 4) is 0 Å². The minimum absolute atomic E-state index is 0.869. The van der Waals surface area contributed by atoms with Crippen molar-refractivity contribution >= 4 is 0 Å². The van der Waals surface area contributed by atoms with E-state index in [1.807, 2.05) is 0 Å². The first-order chi connectivity index (χ1) is 12.5. The maximum Gasteiger partial charge on any atom is 0.0126 e. The molecule has 150 valence electrons. The van der Waals surface area contributed by atoms with Crippen LogP contribution in [0.1, 0.15) is 72.6 Å². The fraction of sp³-hybridized carbons (Fsp3) is 1.00. The predicted octanol–water partition coefficient (Wildman–Crippen LogP) is 5.14. The summed E-state index contributed by atoms with van der Waals surface area (Å²) in [4.78, 5) is 5.69. The smallest absolute Gasteiger partial charge is 0.0126 e. The first-order valence-electron chi connectivity index (χ1n) is 12.0. The lowest BCUT2D eigenvalue weighted by Gasteiger charge is -2.54. The van der Waals surface area contributed by atoms with E-state index in [0.29, 0.717) is 0 Å². The Morgan fingerprint density at radius 3 is 2.15 bits per heavy atom. The van der Waals surface area contributed by atoms with Crippen LogP contribution in [0.15, 0.2) is 0 Å². The van der Waals surface area contributed by atoms with Gasteiger partial charge in [-0.3, -0.25) is 4.90 Å². The third kappa shape index (κ3) is 4.02. The summed E-state index contributed by atoms with van der Waals surface area (Å²) in [6, 6.07) is 0.953. The molecule has 0 aromatic heterocycles. The number of likely N-dealkylation sites (tertiary alicyclic amines) is 2. The normalized spacial score (nSPS) is 40.2. The largest absolute Gasteiger partial charge is 0.302 e. The van der Waals surface area contributed by atoms with Crippen molar-refractivity contribution in [3.63, 3.8) is 0 Å². The van der Waals surface area contributed by atoms with Crippen LogP contribution in [0.5, 0.6) is 0 Å². The highest BCUT2D eigenvalue weighted by molar-refractivity contribution is 4.99. The first-order valence-corrected chi connectivity index (χ1v) is 12.0. The molecule has 4 fully saturated rings. The molecule has 0 spiro atoms. The van der Waals surface area contributed by atoms with Gasteiger partial charge in [0.2, 0.25) is 0 Å². The van der Waals surface area contributed by atoms with Crippen molar-refractivity contribution in [1.29, 1.82) is 0 Å². The third-order valence-electron chi connectivity index (χ3n) is 8.76. The molecule has 2 heteroatoms. The van der Waals surface area contributed by atoms with Gasteiger partial charge in [-0.05, 0) is 86.5 Å². The van der Waals surface area contributed by atoms with Crippen molar-refractivity contribution in [1.82, 2.24) is 9.80 Å². The van der Waals surface area contributed by atoms with E-state index in [1.165, 1.54) is 64.8 Å². The zero-order chi connectivity index (χ0) is 18.3. The number of hydrogen-bond donors (Lipinski definition) is 0. The summed E-state index contributed by atoms with van der Waals surface area (Å²) >= 11 is 0. The zero-order valence-corrected chi connectivity index (χ0v) is 18.0. The van der Waals surface area contributed by atoms with Crippen LogP contribution in [0.4, 0.5) is 0 Å². The molecule has 0 aromatic rings. The Labute approximate surface area is 163 Å².